The molecule has 8 nitrogen and oxygen atoms in total. The maximum atomic E-state index is 12.0. The molecule has 0 aromatic heterocycles. The maximum absolute atomic E-state index is 12.0. The number of aliphatic carboxylic acids is 1. The van der Waals surface area contributed by atoms with E-state index in [-0.39, 0.29) is 17.9 Å². The Hall–Kier alpha value is -3.68. The highest BCUT2D eigenvalue weighted by molar-refractivity contribution is 5.89. The Balaban J connectivity index is 2.07. The first kappa shape index (κ1) is 20.6. The van der Waals surface area contributed by atoms with Crippen LogP contribution in [0.15, 0.2) is 42.5 Å². The summed E-state index contributed by atoms with van der Waals surface area (Å²) in [7, 11) is 2.95. The topological polar surface area (TPSA) is 123 Å². The van der Waals surface area contributed by atoms with Crippen LogP contribution in [0.5, 0.6) is 23.0 Å². The molecule has 148 valence electrons. The molecule has 0 aliphatic carbocycles. The van der Waals surface area contributed by atoms with Gasteiger partial charge in [-0.15, -0.1) is 0 Å². The molecule has 0 fully saturated rings. The van der Waals surface area contributed by atoms with Crippen LogP contribution >= 0.6 is 0 Å². The van der Waals surface area contributed by atoms with Crippen molar-refractivity contribution in [2.45, 2.75) is 12.5 Å². The van der Waals surface area contributed by atoms with Gasteiger partial charge in [0.25, 0.3) is 0 Å². The van der Waals surface area contributed by atoms with Gasteiger partial charge < -0.3 is 29.5 Å². The molecule has 3 N–H and O–H groups in total. The molecule has 0 spiro atoms. The summed E-state index contributed by atoms with van der Waals surface area (Å²) in [5.41, 5.74) is 1.02. The predicted molar refractivity (Wildman–Crippen MR) is 99.6 cm³/mol. The number of methoxy groups -OCH3 is 2. The molecule has 0 radical (unpaired) electrons. The number of carboxylic acids is 1. The molecule has 2 aromatic rings. The van der Waals surface area contributed by atoms with Gasteiger partial charge in [0.1, 0.15) is 0 Å². The van der Waals surface area contributed by atoms with Crippen molar-refractivity contribution in [3.05, 3.63) is 53.6 Å². The van der Waals surface area contributed by atoms with Gasteiger partial charge in [0.15, 0.2) is 23.0 Å². The van der Waals surface area contributed by atoms with Crippen molar-refractivity contribution in [2.75, 3.05) is 14.2 Å². The first-order valence-corrected chi connectivity index (χ1v) is 8.18. The fourth-order valence-electron chi connectivity index (χ4n) is 2.39. The molecule has 0 heterocycles. The van der Waals surface area contributed by atoms with E-state index in [1.807, 2.05) is 0 Å². The van der Waals surface area contributed by atoms with Crippen molar-refractivity contribution in [1.82, 2.24) is 0 Å². The van der Waals surface area contributed by atoms with Crippen molar-refractivity contribution >= 4 is 18.0 Å². The Labute approximate surface area is 161 Å². The fraction of sp³-hybridized carbons (Fsp3) is 0.200. The SMILES string of the molecule is COc1ccc(CC(OC(=O)C=Cc2ccc(O)c(O)c2)C(=O)O)cc1OC. The number of hydrogen-bond acceptors (Lipinski definition) is 7. The van der Waals surface area contributed by atoms with Crippen LogP contribution in [-0.4, -0.2) is 47.6 Å². The zero-order chi connectivity index (χ0) is 20.7. The monoisotopic (exact) mass is 388 g/mol. The van der Waals surface area contributed by atoms with Crippen LogP contribution in [0.25, 0.3) is 6.08 Å². The lowest BCUT2D eigenvalue weighted by molar-refractivity contribution is -0.160. The molecule has 8 heteroatoms. The normalized spacial score (nSPS) is 11.8. The Morgan fingerprint density at radius 1 is 1.00 bits per heavy atom. The van der Waals surface area contributed by atoms with Gasteiger partial charge in [-0.05, 0) is 41.5 Å². The fourth-order valence-corrected chi connectivity index (χ4v) is 2.39. The average Bonchev–Trinajstić information content (AvgIpc) is 2.68. The highest BCUT2D eigenvalue weighted by Crippen LogP contribution is 2.28. The Bertz CT molecular complexity index is 888. The number of carbonyl (C=O) groups is 2. The number of aromatic hydroxyl groups is 2. The summed E-state index contributed by atoms with van der Waals surface area (Å²) < 4.78 is 15.3. The molecule has 0 saturated carbocycles. The molecule has 1 atom stereocenters. The second kappa shape index (κ2) is 9.31. The molecule has 2 aromatic carbocycles. The van der Waals surface area contributed by atoms with Crippen LogP contribution in [0.2, 0.25) is 0 Å². The number of hydrogen-bond donors (Lipinski definition) is 3. The van der Waals surface area contributed by atoms with Crippen molar-refractivity contribution in [2.24, 2.45) is 0 Å². The highest BCUT2D eigenvalue weighted by atomic mass is 16.6. The third-order valence-corrected chi connectivity index (χ3v) is 3.81. The van der Waals surface area contributed by atoms with Gasteiger partial charge in [0, 0.05) is 12.5 Å². The lowest BCUT2D eigenvalue weighted by atomic mass is 10.1. The van der Waals surface area contributed by atoms with Crippen LogP contribution in [-0.2, 0) is 20.7 Å². The summed E-state index contributed by atoms with van der Waals surface area (Å²) in [5, 5.41) is 28.0. The van der Waals surface area contributed by atoms with Crippen LogP contribution in [0.1, 0.15) is 11.1 Å². The van der Waals surface area contributed by atoms with Crippen molar-refractivity contribution in [3.8, 4) is 23.0 Å². The Kier molecular flexibility index (Phi) is 6.86. The second-order valence-electron chi connectivity index (χ2n) is 5.74. The molecule has 28 heavy (non-hydrogen) atoms. The molecule has 0 bridgehead atoms. The number of carbonyl (C=O) groups excluding carboxylic acids is 1. The minimum Gasteiger partial charge on any atom is -0.504 e. The molecule has 0 aliphatic rings. The lowest BCUT2D eigenvalue weighted by Crippen LogP contribution is -2.28. The zero-order valence-corrected chi connectivity index (χ0v) is 15.3. The summed E-state index contributed by atoms with van der Waals surface area (Å²) in [6, 6.07) is 8.87. The van der Waals surface area contributed by atoms with Gasteiger partial charge in [-0.3, -0.25) is 0 Å². The van der Waals surface area contributed by atoms with E-state index in [0.717, 1.165) is 6.08 Å². The number of benzene rings is 2. The lowest BCUT2D eigenvalue weighted by Gasteiger charge is -2.14. The van der Waals surface area contributed by atoms with Crippen LogP contribution in [0.4, 0.5) is 0 Å². The molecule has 0 aliphatic heterocycles. The van der Waals surface area contributed by atoms with Crippen molar-refractivity contribution in [1.29, 1.82) is 0 Å². The summed E-state index contributed by atoms with van der Waals surface area (Å²) in [4.78, 5) is 23.4. The number of ether oxygens (including phenoxy) is 3. The smallest absolute Gasteiger partial charge is 0.345 e. The standard InChI is InChI=1S/C20H20O8/c1-26-16-7-4-13(10-17(16)27-2)11-18(20(24)25)28-19(23)8-5-12-3-6-14(21)15(22)9-12/h3-10,18,21-22H,11H2,1-2H3,(H,24,25). The quantitative estimate of drug-likeness (QED) is 0.358. The Morgan fingerprint density at radius 3 is 2.32 bits per heavy atom. The highest BCUT2D eigenvalue weighted by Gasteiger charge is 2.22. The van der Waals surface area contributed by atoms with Gasteiger partial charge in [-0.25, -0.2) is 9.59 Å². The minimum atomic E-state index is -1.40. The van der Waals surface area contributed by atoms with Gasteiger partial charge in [0.05, 0.1) is 14.2 Å². The van der Waals surface area contributed by atoms with Gasteiger partial charge >= 0.3 is 11.9 Å². The summed E-state index contributed by atoms with van der Waals surface area (Å²) in [6.45, 7) is 0. The summed E-state index contributed by atoms with van der Waals surface area (Å²) >= 11 is 0. The minimum absolute atomic E-state index is 0.0603. The van der Waals surface area contributed by atoms with E-state index in [1.54, 1.807) is 18.2 Å². The molecular formula is C20H20O8. The second-order valence-corrected chi connectivity index (χ2v) is 5.74. The van der Waals surface area contributed by atoms with Crippen LogP contribution in [0, 0.1) is 0 Å². The van der Waals surface area contributed by atoms with E-state index in [2.05, 4.69) is 0 Å². The van der Waals surface area contributed by atoms with E-state index in [1.165, 1.54) is 38.5 Å². The molecule has 0 saturated heterocycles. The van der Waals surface area contributed by atoms with Gasteiger partial charge in [-0.1, -0.05) is 12.1 Å². The zero-order valence-electron chi connectivity index (χ0n) is 15.3. The number of esters is 1. The van der Waals surface area contributed by atoms with E-state index < -0.39 is 18.0 Å². The maximum Gasteiger partial charge on any atom is 0.345 e. The predicted octanol–water partition coefficient (Wildman–Crippen LogP) is 2.37. The third kappa shape index (κ3) is 5.41. The van der Waals surface area contributed by atoms with E-state index in [9.17, 15) is 24.9 Å². The van der Waals surface area contributed by atoms with Crippen LogP contribution in [0.3, 0.4) is 0 Å². The summed E-state index contributed by atoms with van der Waals surface area (Å²) in [6.07, 6.45) is 0.908. The van der Waals surface area contributed by atoms with Crippen molar-refractivity contribution < 1.29 is 39.1 Å². The first-order chi connectivity index (χ1) is 13.3. The molecular weight excluding hydrogens is 368 g/mol. The largest absolute Gasteiger partial charge is 0.504 e. The molecule has 1 unspecified atom stereocenters. The number of phenols is 2. The number of carboxylic acid groups (broad SMARTS) is 1. The van der Waals surface area contributed by atoms with E-state index in [0.29, 0.717) is 22.6 Å². The molecule has 2 rings (SSSR count). The van der Waals surface area contributed by atoms with E-state index >= 15 is 0 Å². The molecule has 0 amide bonds. The number of phenolic OH excluding ortho intramolecular Hbond substituents is 2. The van der Waals surface area contributed by atoms with Gasteiger partial charge in [-0.2, -0.15) is 0 Å². The number of rotatable bonds is 8. The van der Waals surface area contributed by atoms with Gasteiger partial charge in [0.2, 0.25) is 6.10 Å². The average molecular weight is 388 g/mol. The van der Waals surface area contributed by atoms with Crippen molar-refractivity contribution in [3.63, 3.8) is 0 Å². The third-order valence-electron chi connectivity index (χ3n) is 3.81. The summed E-state index contributed by atoms with van der Waals surface area (Å²) in [5.74, 6) is -1.86. The van der Waals surface area contributed by atoms with E-state index in [4.69, 9.17) is 14.2 Å². The van der Waals surface area contributed by atoms with Crippen LogP contribution < -0.4 is 9.47 Å². The first-order valence-electron chi connectivity index (χ1n) is 8.18. The Morgan fingerprint density at radius 2 is 1.71 bits per heavy atom.